The maximum Gasteiger partial charge on any atom is 0.0547 e. The van der Waals surface area contributed by atoms with Crippen LogP contribution in [0.5, 0.6) is 0 Å². The van der Waals surface area contributed by atoms with Gasteiger partial charge in [-0.25, -0.2) is 0 Å². The number of hydrogen-bond donors (Lipinski definition) is 0. The molecule has 0 radical (unpaired) electrons. The minimum atomic E-state index is 1.07. The Kier molecular flexibility index (Phi) is 10.6. The third-order valence-corrected chi connectivity index (χ3v) is 14.9. The summed E-state index contributed by atoms with van der Waals surface area (Å²) in [7, 11) is 0. The van der Waals surface area contributed by atoms with Crippen molar-refractivity contribution >= 4 is 71.2 Å². The molecule has 0 saturated carbocycles. The second-order valence-corrected chi connectivity index (χ2v) is 19.2. The fourth-order valence-corrected chi connectivity index (χ4v) is 11.6. The van der Waals surface area contributed by atoms with E-state index in [0.29, 0.717) is 0 Å². The van der Waals surface area contributed by atoms with Crippen LogP contribution >= 0.6 is 0 Å². The molecule has 2 nitrogen and oxygen atoms in total. The Morgan fingerprint density at radius 3 is 1.49 bits per heavy atom. The van der Waals surface area contributed by atoms with E-state index < -0.39 is 0 Å². The average molecular weight is 941 g/mol. The van der Waals surface area contributed by atoms with Gasteiger partial charge in [0.15, 0.2) is 0 Å². The van der Waals surface area contributed by atoms with E-state index in [-0.39, 0.29) is 0 Å². The summed E-state index contributed by atoms with van der Waals surface area (Å²) in [6.07, 6.45) is 0. The molecule has 0 N–H and O–H groups in total. The van der Waals surface area contributed by atoms with Crippen molar-refractivity contribution < 1.29 is 0 Å². The molecule has 0 fully saturated rings. The lowest BCUT2D eigenvalue weighted by Crippen LogP contribution is -2.10. The summed E-state index contributed by atoms with van der Waals surface area (Å²) in [4.78, 5) is 2.41. The molecule has 0 spiro atoms. The first-order valence-corrected chi connectivity index (χ1v) is 25.5. The summed E-state index contributed by atoms with van der Waals surface area (Å²) in [5.74, 6) is 0. The van der Waals surface area contributed by atoms with Crippen LogP contribution in [0.2, 0.25) is 0 Å². The Bertz CT molecular complexity index is 4400. The first-order valence-electron chi connectivity index (χ1n) is 25.5. The largest absolute Gasteiger partial charge is 0.310 e. The fourth-order valence-electron chi connectivity index (χ4n) is 11.6. The number of anilines is 3. The zero-order valence-electron chi connectivity index (χ0n) is 40.6. The van der Waals surface area contributed by atoms with Gasteiger partial charge in [0.05, 0.1) is 11.0 Å². The van der Waals surface area contributed by atoms with E-state index in [4.69, 9.17) is 0 Å². The summed E-state index contributed by atoms with van der Waals surface area (Å²) < 4.78 is 2.40. The molecule has 1 heterocycles. The summed E-state index contributed by atoms with van der Waals surface area (Å²) in [6, 6.07) is 107. The van der Waals surface area contributed by atoms with E-state index in [1.165, 1.54) is 93.1 Å². The zero-order chi connectivity index (χ0) is 49.0. The van der Waals surface area contributed by atoms with Crippen LogP contribution in [0.3, 0.4) is 0 Å². The third kappa shape index (κ3) is 7.43. The minimum Gasteiger partial charge on any atom is -0.310 e. The van der Waals surface area contributed by atoms with Crippen molar-refractivity contribution in [2.24, 2.45) is 0 Å². The standard InChI is InChI=1S/C72H48N2/c1-4-20-51(21-5-1)70-65-32-13-12-31-63(65)64-44-41-56(48-67(64)71(70)52-22-6-2-7-23-52)50-39-42-59(43-40-50)73(60-29-16-25-54(46-60)55-38-37-49-19-10-11-24-53(49)45-55)61-30-17-26-57(47-61)62-34-18-36-69-72(62)66-33-14-15-35-68(66)74(69)58-27-8-3-9-28-58/h1-48H. The molecule has 0 atom stereocenters. The van der Waals surface area contributed by atoms with Crippen LogP contribution in [0, 0.1) is 0 Å². The highest BCUT2D eigenvalue weighted by molar-refractivity contribution is 6.22. The molecular formula is C72H48N2. The highest BCUT2D eigenvalue weighted by Crippen LogP contribution is 2.47. The van der Waals surface area contributed by atoms with Gasteiger partial charge in [0.2, 0.25) is 0 Å². The van der Waals surface area contributed by atoms with Crippen LogP contribution in [0.1, 0.15) is 0 Å². The topological polar surface area (TPSA) is 8.17 Å². The molecule has 74 heavy (non-hydrogen) atoms. The van der Waals surface area contributed by atoms with Crippen molar-refractivity contribution in [3.8, 4) is 61.3 Å². The molecule has 0 aliphatic carbocycles. The van der Waals surface area contributed by atoms with Gasteiger partial charge in [-0.2, -0.15) is 0 Å². The fraction of sp³-hybridized carbons (Fsp3) is 0. The highest BCUT2D eigenvalue weighted by Gasteiger charge is 2.21. The molecule has 14 rings (SSSR count). The molecule has 0 aliphatic rings. The number of aromatic nitrogens is 1. The van der Waals surface area contributed by atoms with E-state index in [9.17, 15) is 0 Å². The van der Waals surface area contributed by atoms with Gasteiger partial charge in [0.25, 0.3) is 0 Å². The summed E-state index contributed by atoms with van der Waals surface area (Å²) in [5.41, 5.74) is 18.7. The lowest BCUT2D eigenvalue weighted by Gasteiger charge is -2.27. The van der Waals surface area contributed by atoms with Crippen LogP contribution in [0.15, 0.2) is 291 Å². The summed E-state index contributed by atoms with van der Waals surface area (Å²) in [5, 5.41) is 9.94. The van der Waals surface area contributed by atoms with Crippen LogP contribution in [0.25, 0.3) is 115 Å². The molecule has 0 unspecified atom stereocenters. The van der Waals surface area contributed by atoms with Gasteiger partial charge in [-0.1, -0.05) is 218 Å². The van der Waals surface area contributed by atoms with Crippen molar-refractivity contribution in [2.45, 2.75) is 0 Å². The van der Waals surface area contributed by atoms with Gasteiger partial charge < -0.3 is 9.47 Å². The monoisotopic (exact) mass is 940 g/mol. The average Bonchev–Trinajstić information content (AvgIpc) is 3.85. The quantitative estimate of drug-likeness (QED) is 0.131. The van der Waals surface area contributed by atoms with Gasteiger partial charge in [0.1, 0.15) is 0 Å². The van der Waals surface area contributed by atoms with E-state index >= 15 is 0 Å². The maximum atomic E-state index is 2.41. The second kappa shape index (κ2) is 18.1. The normalized spacial score (nSPS) is 11.5. The van der Waals surface area contributed by atoms with Crippen molar-refractivity contribution in [3.05, 3.63) is 291 Å². The predicted octanol–water partition coefficient (Wildman–Crippen LogP) is 20.0. The van der Waals surface area contributed by atoms with Crippen molar-refractivity contribution in [1.82, 2.24) is 4.57 Å². The molecule has 0 amide bonds. The Hall–Kier alpha value is -9.76. The Morgan fingerprint density at radius 2 is 0.743 bits per heavy atom. The number of rotatable bonds is 9. The number of para-hydroxylation sites is 2. The lowest BCUT2D eigenvalue weighted by atomic mass is 9.84. The molecule has 1 aromatic heterocycles. The lowest BCUT2D eigenvalue weighted by molar-refractivity contribution is 1.18. The van der Waals surface area contributed by atoms with E-state index in [0.717, 1.165) is 39.4 Å². The van der Waals surface area contributed by atoms with Crippen molar-refractivity contribution in [3.63, 3.8) is 0 Å². The van der Waals surface area contributed by atoms with E-state index in [2.05, 4.69) is 301 Å². The van der Waals surface area contributed by atoms with Crippen LogP contribution in [0.4, 0.5) is 17.1 Å². The molecule has 13 aromatic carbocycles. The van der Waals surface area contributed by atoms with Crippen LogP contribution in [-0.4, -0.2) is 4.57 Å². The minimum absolute atomic E-state index is 1.07. The van der Waals surface area contributed by atoms with Gasteiger partial charge >= 0.3 is 0 Å². The number of benzene rings is 13. The first kappa shape index (κ1) is 43.1. The second-order valence-electron chi connectivity index (χ2n) is 19.2. The summed E-state index contributed by atoms with van der Waals surface area (Å²) >= 11 is 0. The molecule has 0 saturated heterocycles. The van der Waals surface area contributed by atoms with Gasteiger partial charge in [0, 0.05) is 33.5 Å². The van der Waals surface area contributed by atoms with Crippen LogP contribution in [-0.2, 0) is 0 Å². The SMILES string of the molecule is c1ccc(-c2c(-c3ccccc3)c3cc(-c4ccc(N(c5cccc(-c6ccc7ccccc7c6)c5)c5cccc(-c6cccc7c6c6ccccc6n7-c6ccccc6)c5)cc4)ccc3c3ccccc23)cc1. The highest BCUT2D eigenvalue weighted by atomic mass is 15.1. The molecule has 346 valence electrons. The van der Waals surface area contributed by atoms with Gasteiger partial charge in [-0.05, 0) is 161 Å². The van der Waals surface area contributed by atoms with E-state index in [1.807, 2.05) is 0 Å². The Morgan fingerprint density at radius 1 is 0.243 bits per heavy atom. The zero-order valence-corrected chi connectivity index (χ0v) is 40.6. The molecule has 0 bridgehead atoms. The molecule has 14 aromatic rings. The first-order chi connectivity index (χ1) is 36.7. The number of nitrogens with zero attached hydrogens (tertiary/aromatic N) is 2. The molecular weight excluding hydrogens is 893 g/mol. The molecule has 0 aliphatic heterocycles. The predicted molar refractivity (Wildman–Crippen MR) is 315 cm³/mol. The van der Waals surface area contributed by atoms with Gasteiger partial charge in [-0.3, -0.25) is 0 Å². The summed E-state index contributed by atoms with van der Waals surface area (Å²) in [6.45, 7) is 0. The Balaban J connectivity index is 0.927. The third-order valence-electron chi connectivity index (χ3n) is 14.9. The smallest absolute Gasteiger partial charge is 0.0547 e. The number of fused-ring (bicyclic) bond motifs is 7. The van der Waals surface area contributed by atoms with Crippen molar-refractivity contribution in [2.75, 3.05) is 4.90 Å². The number of hydrogen-bond acceptors (Lipinski definition) is 1. The van der Waals surface area contributed by atoms with E-state index in [1.54, 1.807) is 0 Å². The van der Waals surface area contributed by atoms with Gasteiger partial charge in [-0.15, -0.1) is 0 Å². The Labute approximate surface area is 430 Å². The van der Waals surface area contributed by atoms with Crippen LogP contribution < -0.4 is 4.90 Å². The molecule has 2 heteroatoms. The van der Waals surface area contributed by atoms with Crippen molar-refractivity contribution in [1.29, 1.82) is 0 Å². The maximum absolute atomic E-state index is 2.41.